The molecule has 2 rings (SSSR count). The van der Waals surface area contributed by atoms with Crippen LogP contribution in [0.4, 0.5) is 11.4 Å². The lowest BCUT2D eigenvalue weighted by Gasteiger charge is -2.15. The molecule has 0 aliphatic rings. The van der Waals surface area contributed by atoms with Gasteiger partial charge in [-0.05, 0) is 44.2 Å². The summed E-state index contributed by atoms with van der Waals surface area (Å²) in [4.78, 5) is 11.3. The molecule has 0 fully saturated rings. The molecular weight excluding hydrogens is 384 g/mol. The number of carbonyl (C=O) groups excluding carboxylic acids is 1. The molecule has 152 valence electrons. The molecule has 0 bridgehead atoms. The number of hydrogen-bond donors (Lipinski definition) is 2. The van der Waals surface area contributed by atoms with Gasteiger partial charge in [0.2, 0.25) is 5.91 Å². The molecule has 1 amide bonds. The molecule has 8 nitrogen and oxygen atoms in total. The highest BCUT2D eigenvalue weighted by Gasteiger charge is 2.20. The Morgan fingerprint density at radius 1 is 0.964 bits per heavy atom. The quantitative estimate of drug-likeness (QED) is 0.660. The smallest absolute Gasteiger partial charge is 0.262 e. The number of anilines is 2. The molecule has 0 unspecified atom stereocenters. The summed E-state index contributed by atoms with van der Waals surface area (Å²) in [5, 5.41) is 2.60. The maximum absolute atomic E-state index is 12.9. The Kier molecular flexibility index (Phi) is 7.11. The molecule has 0 saturated heterocycles. The minimum absolute atomic E-state index is 0.00591. The number of amides is 1. The molecule has 2 N–H and O–H groups in total. The van der Waals surface area contributed by atoms with Crippen molar-refractivity contribution < 1.29 is 27.4 Å². The average Bonchev–Trinajstić information content (AvgIpc) is 2.63. The molecule has 2 aromatic carbocycles. The van der Waals surface area contributed by atoms with Crippen LogP contribution in [0.3, 0.4) is 0 Å². The zero-order valence-corrected chi connectivity index (χ0v) is 17.1. The topological polar surface area (TPSA) is 103 Å². The van der Waals surface area contributed by atoms with Crippen molar-refractivity contribution in [3.63, 3.8) is 0 Å². The van der Waals surface area contributed by atoms with Crippen LogP contribution in [0.15, 0.2) is 41.3 Å². The fraction of sp³-hybridized carbons (Fsp3) is 0.316. The van der Waals surface area contributed by atoms with Gasteiger partial charge in [-0.25, -0.2) is 8.42 Å². The summed E-state index contributed by atoms with van der Waals surface area (Å²) in [7, 11) is -2.52. The molecule has 0 heterocycles. The van der Waals surface area contributed by atoms with Crippen LogP contribution in [0.2, 0.25) is 0 Å². The van der Waals surface area contributed by atoms with E-state index in [2.05, 4.69) is 10.0 Å². The first kappa shape index (κ1) is 21.4. The lowest BCUT2D eigenvalue weighted by Crippen LogP contribution is -2.15. The highest BCUT2D eigenvalue weighted by molar-refractivity contribution is 7.92. The summed E-state index contributed by atoms with van der Waals surface area (Å²) >= 11 is 0. The minimum atomic E-state index is -3.94. The van der Waals surface area contributed by atoms with Crippen LogP contribution < -0.4 is 24.2 Å². The van der Waals surface area contributed by atoms with E-state index in [4.69, 9.17) is 14.2 Å². The van der Waals surface area contributed by atoms with E-state index >= 15 is 0 Å². The van der Waals surface area contributed by atoms with Crippen LogP contribution >= 0.6 is 0 Å². The molecule has 0 aliphatic heterocycles. The standard InChI is InChI=1S/C19H24N2O6S/c1-5-26-18-10-8-15(12-19(18)27-6-2)28(23,24)21-16-11-14(20-13(3)22)7-9-17(16)25-4/h7-12,21H,5-6H2,1-4H3,(H,20,22). The predicted octanol–water partition coefficient (Wildman–Crippen LogP) is 3.25. The van der Waals surface area contributed by atoms with Crippen LogP contribution in [0, 0.1) is 0 Å². The van der Waals surface area contributed by atoms with E-state index in [1.54, 1.807) is 25.1 Å². The molecule has 0 aromatic heterocycles. The predicted molar refractivity (Wildman–Crippen MR) is 107 cm³/mol. The Balaban J connectivity index is 2.40. The number of rotatable bonds is 9. The van der Waals surface area contributed by atoms with Crippen molar-refractivity contribution in [1.29, 1.82) is 0 Å². The zero-order chi connectivity index (χ0) is 20.7. The van der Waals surface area contributed by atoms with Crippen molar-refractivity contribution in [2.24, 2.45) is 0 Å². The van der Waals surface area contributed by atoms with E-state index in [1.165, 1.54) is 32.2 Å². The van der Waals surface area contributed by atoms with Gasteiger partial charge >= 0.3 is 0 Å². The largest absolute Gasteiger partial charge is 0.495 e. The highest BCUT2D eigenvalue weighted by Crippen LogP contribution is 2.33. The Bertz CT molecular complexity index is 943. The van der Waals surface area contributed by atoms with E-state index in [9.17, 15) is 13.2 Å². The van der Waals surface area contributed by atoms with Crippen LogP contribution in [0.5, 0.6) is 17.2 Å². The third-order valence-corrected chi connectivity index (χ3v) is 4.95. The van der Waals surface area contributed by atoms with Gasteiger partial charge in [0, 0.05) is 18.7 Å². The average molecular weight is 408 g/mol. The summed E-state index contributed by atoms with van der Waals surface area (Å²) in [5.41, 5.74) is 0.633. The SMILES string of the molecule is CCOc1ccc(S(=O)(=O)Nc2cc(NC(C)=O)ccc2OC)cc1OCC. The van der Waals surface area contributed by atoms with Gasteiger partial charge in [0.05, 0.1) is 30.9 Å². The number of benzene rings is 2. The summed E-state index contributed by atoms with van der Waals surface area (Å²) < 4.78 is 44.4. The number of hydrogen-bond acceptors (Lipinski definition) is 6. The summed E-state index contributed by atoms with van der Waals surface area (Å²) in [6.45, 7) is 5.79. The number of sulfonamides is 1. The van der Waals surface area contributed by atoms with Crippen molar-refractivity contribution >= 4 is 27.3 Å². The van der Waals surface area contributed by atoms with E-state index < -0.39 is 10.0 Å². The second kappa shape index (κ2) is 9.32. The number of nitrogens with one attached hydrogen (secondary N) is 2. The monoisotopic (exact) mass is 408 g/mol. The van der Waals surface area contributed by atoms with Crippen LogP contribution in [-0.4, -0.2) is 34.6 Å². The Morgan fingerprint density at radius 3 is 2.21 bits per heavy atom. The fourth-order valence-electron chi connectivity index (χ4n) is 2.47. The molecule has 9 heteroatoms. The van der Waals surface area contributed by atoms with Crippen LogP contribution in [-0.2, 0) is 14.8 Å². The van der Waals surface area contributed by atoms with Gasteiger partial charge < -0.3 is 19.5 Å². The zero-order valence-electron chi connectivity index (χ0n) is 16.2. The van der Waals surface area contributed by atoms with Gasteiger partial charge in [-0.1, -0.05) is 0 Å². The van der Waals surface area contributed by atoms with Crippen LogP contribution in [0.1, 0.15) is 20.8 Å². The molecular formula is C19H24N2O6S. The molecule has 0 radical (unpaired) electrons. The second-order valence-electron chi connectivity index (χ2n) is 5.68. The van der Waals surface area contributed by atoms with E-state index in [-0.39, 0.29) is 16.5 Å². The maximum Gasteiger partial charge on any atom is 0.262 e. The molecule has 0 atom stereocenters. The van der Waals surface area contributed by atoms with Gasteiger partial charge in [-0.2, -0.15) is 0 Å². The first-order valence-corrected chi connectivity index (χ1v) is 10.2. The lowest BCUT2D eigenvalue weighted by atomic mass is 10.2. The second-order valence-corrected chi connectivity index (χ2v) is 7.36. The van der Waals surface area contributed by atoms with Crippen molar-refractivity contribution in [3.8, 4) is 17.2 Å². The third-order valence-electron chi connectivity index (χ3n) is 3.59. The van der Waals surface area contributed by atoms with Crippen molar-refractivity contribution in [2.45, 2.75) is 25.7 Å². The molecule has 0 spiro atoms. The number of methoxy groups -OCH3 is 1. The number of ether oxygens (including phenoxy) is 3. The minimum Gasteiger partial charge on any atom is -0.495 e. The molecule has 0 aliphatic carbocycles. The molecule has 0 saturated carbocycles. The maximum atomic E-state index is 12.9. The van der Waals surface area contributed by atoms with E-state index in [0.29, 0.717) is 36.1 Å². The van der Waals surface area contributed by atoms with Gasteiger partial charge in [0.1, 0.15) is 5.75 Å². The molecule has 2 aromatic rings. The summed E-state index contributed by atoms with van der Waals surface area (Å²) in [6, 6.07) is 9.04. The highest BCUT2D eigenvalue weighted by atomic mass is 32.2. The normalized spacial score (nSPS) is 10.9. The van der Waals surface area contributed by atoms with Crippen molar-refractivity contribution in [1.82, 2.24) is 0 Å². The van der Waals surface area contributed by atoms with Gasteiger partial charge in [-0.15, -0.1) is 0 Å². The Morgan fingerprint density at radius 2 is 1.61 bits per heavy atom. The third kappa shape index (κ3) is 5.29. The lowest BCUT2D eigenvalue weighted by molar-refractivity contribution is -0.114. The van der Waals surface area contributed by atoms with Gasteiger partial charge in [0.15, 0.2) is 11.5 Å². The first-order valence-electron chi connectivity index (χ1n) is 8.68. The van der Waals surface area contributed by atoms with E-state index in [1.807, 2.05) is 6.92 Å². The van der Waals surface area contributed by atoms with Crippen molar-refractivity contribution in [3.05, 3.63) is 36.4 Å². The van der Waals surface area contributed by atoms with E-state index in [0.717, 1.165) is 0 Å². The van der Waals surface area contributed by atoms with Gasteiger partial charge in [-0.3, -0.25) is 9.52 Å². The Hall–Kier alpha value is -2.94. The fourth-order valence-corrected chi connectivity index (χ4v) is 3.55. The Labute approximate surface area is 164 Å². The van der Waals surface area contributed by atoms with Crippen molar-refractivity contribution in [2.75, 3.05) is 30.4 Å². The molecule has 28 heavy (non-hydrogen) atoms. The summed E-state index contributed by atoms with van der Waals surface area (Å²) in [6.07, 6.45) is 0. The summed E-state index contributed by atoms with van der Waals surface area (Å²) in [5.74, 6) is 0.847. The van der Waals surface area contributed by atoms with Crippen LogP contribution in [0.25, 0.3) is 0 Å². The number of carbonyl (C=O) groups is 1. The first-order chi connectivity index (χ1) is 13.3. The van der Waals surface area contributed by atoms with Gasteiger partial charge in [0.25, 0.3) is 10.0 Å².